The molecule has 2 aromatic carbocycles. The third-order valence-electron chi connectivity index (χ3n) is 4.37. The Morgan fingerprint density at radius 2 is 1.82 bits per heavy atom. The first-order valence-electron chi connectivity index (χ1n) is 9.00. The summed E-state index contributed by atoms with van der Waals surface area (Å²) < 4.78 is 5.31. The molecule has 0 spiro atoms. The maximum absolute atomic E-state index is 12.2. The van der Waals surface area contributed by atoms with Gasteiger partial charge in [0.05, 0.1) is 5.75 Å². The number of anilines is 1. The van der Waals surface area contributed by atoms with E-state index in [2.05, 4.69) is 5.32 Å². The molecule has 0 bridgehead atoms. The Bertz CT molecular complexity index is 1070. The molecule has 0 aliphatic carbocycles. The number of thioether (sulfide) groups is 1. The summed E-state index contributed by atoms with van der Waals surface area (Å²) >= 11 is 1.43. The van der Waals surface area contributed by atoms with E-state index in [9.17, 15) is 14.4 Å². The molecule has 1 N–H and O–H groups in total. The van der Waals surface area contributed by atoms with Crippen molar-refractivity contribution in [3.8, 4) is 0 Å². The van der Waals surface area contributed by atoms with Gasteiger partial charge in [-0.3, -0.25) is 9.59 Å². The molecule has 0 saturated carbocycles. The van der Waals surface area contributed by atoms with E-state index in [-0.39, 0.29) is 23.1 Å². The van der Waals surface area contributed by atoms with E-state index in [1.807, 2.05) is 25.1 Å². The van der Waals surface area contributed by atoms with Crippen molar-refractivity contribution in [3.63, 3.8) is 0 Å². The molecule has 1 aromatic heterocycles. The lowest BCUT2D eigenvalue weighted by Crippen LogP contribution is -2.14. The van der Waals surface area contributed by atoms with Gasteiger partial charge < -0.3 is 9.73 Å². The SMILES string of the molecule is CCc1ccc2c(CSCC(=O)Nc3ccc(C(C)=O)cc3)cc(=O)oc2c1. The first-order chi connectivity index (χ1) is 13.5. The van der Waals surface area contributed by atoms with Gasteiger partial charge in [-0.25, -0.2) is 4.79 Å². The van der Waals surface area contributed by atoms with Crippen LogP contribution in [0, 0.1) is 0 Å². The number of Topliss-reactive ketones (excluding diaryl/α,β-unsaturated/α-hetero) is 1. The molecule has 144 valence electrons. The second kappa shape index (κ2) is 8.89. The third-order valence-corrected chi connectivity index (χ3v) is 5.35. The second-order valence-electron chi connectivity index (χ2n) is 6.45. The zero-order valence-corrected chi connectivity index (χ0v) is 16.6. The van der Waals surface area contributed by atoms with Gasteiger partial charge in [0.1, 0.15) is 5.58 Å². The quantitative estimate of drug-likeness (QED) is 0.473. The maximum atomic E-state index is 12.2. The highest BCUT2D eigenvalue weighted by Crippen LogP contribution is 2.23. The highest BCUT2D eigenvalue weighted by atomic mass is 32.2. The topological polar surface area (TPSA) is 76.4 Å². The number of rotatable bonds is 7. The number of benzene rings is 2. The summed E-state index contributed by atoms with van der Waals surface area (Å²) in [6.45, 7) is 3.55. The predicted molar refractivity (Wildman–Crippen MR) is 113 cm³/mol. The van der Waals surface area contributed by atoms with Crippen LogP contribution in [0.3, 0.4) is 0 Å². The molecule has 0 unspecified atom stereocenters. The summed E-state index contributed by atoms with van der Waals surface area (Å²) in [7, 11) is 0. The number of carbonyl (C=O) groups is 2. The Kier molecular flexibility index (Phi) is 6.31. The van der Waals surface area contributed by atoms with E-state index in [4.69, 9.17) is 4.42 Å². The number of amides is 1. The molecule has 1 amide bonds. The number of nitrogens with one attached hydrogen (secondary N) is 1. The molecular weight excluding hydrogens is 374 g/mol. The summed E-state index contributed by atoms with van der Waals surface area (Å²) in [5.41, 5.74) is 3.42. The molecule has 28 heavy (non-hydrogen) atoms. The molecule has 0 radical (unpaired) electrons. The molecule has 0 atom stereocenters. The fraction of sp³-hybridized carbons (Fsp3) is 0.227. The minimum Gasteiger partial charge on any atom is -0.423 e. The normalized spacial score (nSPS) is 10.8. The van der Waals surface area contributed by atoms with Crippen molar-refractivity contribution in [2.24, 2.45) is 0 Å². The molecule has 6 heteroatoms. The fourth-order valence-electron chi connectivity index (χ4n) is 2.85. The number of ketones is 1. The lowest BCUT2D eigenvalue weighted by atomic mass is 10.1. The van der Waals surface area contributed by atoms with Crippen LogP contribution >= 0.6 is 11.8 Å². The van der Waals surface area contributed by atoms with Gasteiger partial charge in [-0.15, -0.1) is 11.8 Å². The summed E-state index contributed by atoms with van der Waals surface area (Å²) in [6.07, 6.45) is 0.867. The van der Waals surface area contributed by atoms with E-state index >= 15 is 0 Å². The first kappa shape index (κ1) is 19.9. The Morgan fingerprint density at radius 3 is 2.50 bits per heavy atom. The zero-order valence-electron chi connectivity index (χ0n) is 15.8. The van der Waals surface area contributed by atoms with E-state index in [1.165, 1.54) is 24.8 Å². The van der Waals surface area contributed by atoms with Crippen LogP contribution in [0.1, 0.15) is 35.3 Å². The van der Waals surface area contributed by atoms with Crippen LogP contribution in [0.5, 0.6) is 0 Å². The van der Waals surface area contributed by atoms with E-state index < -0.39 is 0 Å². The van der Waals surface area contributed by atoms with E-state index in [1.54, 1.807) is 24.3 Å². The molecule has 0 aliphatic rings. The van der Waals surface area contributed by atoms with Crippen LogP contribution in [-0.4, -0.2) is 17.4 Å². The number of aryl methyl sites for hydroxylation is 1. The summed E-state index contributed by atoms with van der Waals surface area (Å²) in [5.74, 6) is 0.633. The van der Waals surface area contributed by atoms with Gasteiger partial charge >= 0.3 is 5.63 Å². The van der Waals surface area contributed by atoms with Crippen LogP contribution in [0.4, 0.5) is 5.69 Å². The molecule has 3 aromatic rings. The van der Waals surface area contributed by atoms with Crippen molar-refractivity contribution in [1.82, 2.24) is 0 Å². The van der Waals surface area contributed by atoms with Crippen LogP contribution in [0.2, 0.25) is 0 Å². The maximum Gasteiger partial charge on any atom is 0.336 e. The van der Waals surface area contributed by atoms with Crippen molar-refractivity contribution in [1.29, 1.82) is 0 Å². The van der Waals surface area contributed by atoms with Gasteiger partial charge in [-0.1, -0.05) is 19.1 Å². The molecule has 0 saturated heterocycles. The Morgan fingerprint density at radius 1 is 1.07 bits per heavy atom. The largest absolute Gasteiger partial charge is 0.423 e. The zero-order chi connectivity index (χ0) is 20.1. The molecule has 5 nitrogen and oxygen atoms in total. The predicted octanol–water partition coefficient (Wildman–Crippen LogP) is 4.43. The number of hydrogen-bond donors (Lipinski definition) is 1. The number of carbonyl (C=O) groups excluding carboxylic acids is 2. The van der Waals surface area contributed by atoms with E-state index in [0.717, 1.165) is 22.9 Å². The summed E-state index contributed by atoms with van der Waals surface area (Å²) in [4.78, 5) is 35.3. The molecule has 1 heterocycles. The standard InChI is InChI=1S/C22H21NO4S/c1-3-15-4-9-19-17(11-22(26)27-20(19)10-15)12-28-13-21(25)23-18-7-5-16(6-8-18)14(2)24/h4-11H,3,12-13H2,1-2H3,(H,23,25). The minimum atomic E-state index is -0.383. The fourth-order valence-corrected chi connectivity index (χ4v) is 3.67. The smallest absolute Gasteiger partial charge is 0.336 e. The van der Waals surface area contributed by atoms with Crippen molar-refractivity contribution in [2.45, 2.75) is 26.0 Å². The van der Waals surface area contributed by atoms with E-state index in [0.29, 0.717) is 22.6 Å². The van der Waals surface area contributed by atoms with Crippen molar-refractivity contribution in [2.75, 3.05) is 11.1 Å². The second-order valence-corrected chi connectivity index (χ2v) is 7.43. The monoisotopic (exact) mass is 395 g/mol. The summed E-state index contributed by atoms with van der Waals surface area (Å²) in [6, 6.07) is 14.1. The third kappa shape index (κ3) is 4.89. The Hall–Kier alpha value is -2.86. The van der Waals surface area contributed by atoms with Gasteiger partial charge in [0.25, 0.3) is 0 Å². The minimum absolute atomic E-state index is 0.0148. The number of fused-ring (bicyclic) bond motifs is 1. The Balaban J connectivity index is 1.62. The molecular formula is C22H21NO4S. The van der Waals surface area contributed by atoms with Gasteiger partial charge in [-0.2, -0.15) is 0 Å². The average Bonchev–Trinajstić information content (AvgIpc) is 2.67. The van der Waals surface area contributed by atoms with Crippen LogP contribution in [0.25, 0.3) is 11.0 Å². The van der Waals surface area contributed by atoms with Crippen LogP contribution in [0.15, 0.2) is 57.7 Å². The molecule has 0 fully saturated rings. The van der Waals surface area contributed by atoms with Crippen molar-refractivity contribution < 1.29 is 14.0 Å². The first-order valence-corrected chi connectivity index (χ1v) is 10.2. The molecule has 3 rings (SSSR count). The average molecular weight is 395 g/mol. The van der Waals surface area contributed by atoms with Crippen LogP contribution < -0.4 is 10.9 Å². The van der Waals surface area contributed by atoms with Crippen molar-refractivity contribution >= 4 is 40.1 Å². The highest BCUT2D eigenvalue weighted by molar-refractivity contribution is 7.99. The Labute approximate surface area is 167 Å². The molecule has 0 aliphatic heterocycles. The van der Waals surface area contributed by atoms with Crippen molar-refractivity contribution in [3.05, 3.63) is 75.6 Å². The lowest BCUT2D eigenvalue weighted by molar-refractivity contribution is -0.113. The number of hydrogen-bond acceptors (Lipinski definition) is 5. The van der Waals surface area contributed by atoms with Crippen LogP contribution in [-0.2, 0) is 17.0 Å². The van der Waals surface area contributed by atoms with Gasteiger partial charge in [0, 0.05) is 28.5 Å². The lowest BCUT2D eigenvalue weighted by Gasteiger charge is -2.08. The van der Waals surface area contributed by atoms with Gasteiger partial charge in [0.2, 0.25) is 5.91 Å². The van der Waals surface area contributed by atoms with Gasteiger partial charge in [0.15, 0.2) is 5.78 Å². The van der Waals surface area contributed by atoms with Gasteiger partial charge in [-0.05, 0) is 54.8 Å². The highest BCUT2D eigenvalue weighted by Gasteiger charge is 2.09. The summed E-state index contributed by atoms with van der Waals surface area (Å²) in [5, 5.41) is 3.70.